The third kappa shape index (κ3) is 6.75. The molecule has 0 fully saturated rings. The molecule has 1 atom stereocenters. The van der Waals surface area contributed by atoms with Crippen molar-refractivity contribution in [1.29, 1.82) is 0 Å². The molecule has 0 saturated heterocycles. The van der Waals surface area contributed by atoms with E-state index >= 15 is 0 Å². The Hall–Kier alpha value is -0.890. The molecule has 102 valence electrons. The summed E-state index contributed by atoms with van der Waals surface area (Å²) in [5.41, 5.74) is 1.35. The van der Waals surface area contributed by atoms with Gasteiger partial charge >= 0.3 is 0 Å². The largest absolute Gasteiger partial charge is 0.314 e. The highest BCUT2D eigenvalue weighted by Crippen LogP contribution is 2.12. The summed E-state index contributed by atoms with van der Waals surface area (Å²) >= 11 is 0. The van der Waals surface area contributed by atoms with Gasteiger partial charge in [-0.3, -0.25) is 4.98 Å². The summed E-state index contributed by atoms with van der Waals surface area (Å²) in [6.07, 6.45) is 10.2. The van der Waals surface area contributed by atoms with Crippen LogP contribution in [0.5, 0.6) is 0 Å². The van der Waals surface area contributed by atoms with E-state index in [0.717, 1.165) is 18.9 Å². The van der Waals surface area contributed by atoms with Crippen molar-refractivity contribution in [3.8, 4) is 0 Å². The average molecular weight is 248 g/mol. The fourth-order valence-corrected chi connectivity index (χ4v) is 2.30. The van der Waals surface area contributed by atoms with Gasteiger partial charge in [-0.15, -0.1) is 0 Å². The molecular weight excluding hydrogens is 220 g/mol. The van der Waals surface area contributed by atoms with Gasteiger partial charge in [0, 0.05) is 18.4 Å². The van der Waals surface area contributed by atoms with Crippen LogP contribution in [-0.2, 0) is 6.42 Å². The Labute approximate surface area is 112 Å². The van der Waals surface area contributed by atoms with Gasteiger partial charge in [0.25, 0.3) is 0 Å². The van der Waals surface area contributed by atoms with Crippen molar-refractivity contribution in [2.75, 3.05) is 6.54 Å². The zero-order chi connectivity index (χ0) is 13.2. The van der Waals surface area contributed by atoms with Crippen LogP contribution in [0, 0.1) is 5.92 Å². The number of pyridine rings is 1. The molecule has 1 aromatic rings. The summed E-state index contributed by atoms with van der Waals surface area (Å²) in [5.74, 6) is 0.825. The van der Waals surface area contributed by atoms with Gasteiger partial charge in [-0.1, -0.05) is 39.7 Å². The second-order valence-corrected chi connectivity index (χ2v) is 5.48. The fourth-order valence-electron chi connectivity index (χ4n) is 2.30. The van der Waals surface area contributed by atoms with E-state index in [1.54, 1.807) is 0 Å². The van der Waals surface area contributed by atoms with E-state index in [4.69, 9.17) is 0 Å². The molecule has 0 amide bonds. The molecule has 0 aliphatic heterocycles. The smallest absolute Gasteiger partial charge is 0.0299 e. The molecular formula is C16H28N2. The molecule has 0 aromatic carbocycles. The molecule has 0 bridgehead atoms. The topological polar surface area (TPSA) is 24.9 Å². The number of aryl methyl sites for hydroxylation is 1. The van der Waals surface area contributed by atoms with E-state index in [1.807, 2.05) is 18.5 Å². The number of nitrogens with one attached hydrogen (secondary N) is 1. The summed E-state index contributed by atoms with van der Waals surface area (Å²) in [4.78, 5) is 4.17. The third-order valence-corrected chi connectivity index (χ3v) is 3.33. The quantitative estimate of drug-likeness (QED) is 0.718. The molecule has 1 N–H and O–H groups in total. The van der Waals surface area contributed by atoms with Crippen LogP contribution in [0.2, 0.25) is 0 Å². The molecule has 1 aromatic heterocycles. The standard InChI is InChI=1S/C16H28N2/c1-4-18-16(9-5-7-14(2)3)11-10-15-8-6-12-17-13-15/h6,8,12-14,16,18H,4-5,7,9-11H2,1-3H3. The molecule has 0 aliphatic rings. The van der Waals surface area contributed by atoms with Crippen molar-refractivity contribution in [2.24, 2.45) is 5.92 Å². The number of hydrogen-bond acceptors (Lipinski definition) is 2. The maximum Gasteiger partial charge on any atom is 0.0299 e. The molecule has 1 unspecified atom stereocenters. The van der Waals surface area contributed by atoms with Crippen LogP contribution in [-0.4, -0.2) is 17.6 Å². The highest BCUT2D eigenvalue weighted by atomic mass is 14.9. The maximum atomic E-state index is 4.17. The van der Waals surface area contributed by atoms with E-state index in [2.05, 4.69) is 37.1 Å². The number of hydrogen-bond donors (Lipinski definition) is 1. The predicted octanol–water partition coefficient (Wildman–Crippen LogP) is 3.82. The van der Waals surface area contributed by atoms with Crippen LogP contribution < -0.4 is 5.32 Å². The lowest BCUT2D eigenvalue weighted by Gasteiger charge is -2.18. The lowest BCUT2D eigenvalue weighted by molar-refractivity contribution is 0.424. The van der Waals surface area contributed by atoms with Crippen molar-refractivity contribution < 1.29 is 0 Å². The van der Waals surface area contributed by atoms with Gasteiger partial charge in [-0.2, -0.15) is 0 Å². The second kappa shape index (κ2) is 9.09. The normalized spacial score (nSPS) is 12.9. The van der Waals surface area contributed by atoms with E-state index in [0.29, 0.717) is 6.04 Å². The molecule has 0 saturated carbocycles. The molecule has 1 rings (SSSR count). The van der Waals surface area contributed by atoms with Crippen molar-refractivity contribution in [3.63, 3.8) is 0 Å². The molecule has 0 radical (unpaired) electrons. The van der Waals surface area contributed by atoms with Crippen LogP contribution in [0.15, 0.2) is 24.5 Å². The Morgan fingerprint density at radius 2 is 2.06 bits per heavy atom. The highest BCUT2D eigenvalue weighted by Gasteiger charge is 2.08. The Bertz CT molecular complexity index is 295. The Morgan fingerprint density at radius 3 is 2.67 bits per heavy atom. The minimum atomic E-state index is 0.661. The first kappa shape index (κ1) is 15.2. The molecule has 2 heteroatoms. The average Bonchev–Trinajstić information content (AvgIpc) is 2.37. The maximum absolute atomic E-state index is 4.17. The van der Waals surface area contributed by atoms with Crippen LogP contribution in [0.25, 0.3) is 0 Å². The van der Waals surface area contributed by atoms with Gasteiger partial charge in [-0.25, -0.2) is 0 Å². The van der Waals surface area contributed by atoms with Crippen molar-refractivity contribution in [2.45, 2.75) is 58.9 Å². The summed E-state index contributed by atoms with van der Waals surface area (Å²) in [6.45, 7) is 7.87. The van der Waals surface area contributed by atoms with Crippen molar-refractivity contribution in [1.82, 2.24) is 10.3 Å². The fraction of sp³-hybridized carbons (Fsp3) is 0.688. The molecule has 18 heavy (non-hydrogen) atoms. The lowest BCUT2D eigenvalue weighted by atomic mass is 9.99. The summed E-state index contributed by atoms with van der Waals surface area (Å²) in [5, 5.41) is 3.61. The minimum absolute atomic E-state index is 0.661. The minimum Gasteiger partial charge on any atom is -0.314 e. The molecule has 2 nitrogen and oxygen atoms in total. The third-order valence-electron chi connectivity index (χ3n) is 3.33. The van der Waals surface area contributed by atoms with Crippen molar-refractivity contribution >= 4 is 0 Å². The molecule has 0 spiro atoms. The highest BCUT2D eigenvalue weighted by molar-refractivity contribution is 5.08. The zero-order valence-electron chi connectivity index (χ0n) is 12.2. The molecule has 1 heterocycles. The van der Waals surface area contributed by atoms with Gasteiger partial charge in [0.05, 0.1) is 0 Å². The number of aromatic nitrogens is 1. The Kier molecular flexibility index (Phi) is 7.66. The Morgan fingerprint density at radius 1 is 1.22 bits per heavy atom. The van der Waals surface area contributed by atoms with Gasteiger partial charge in [0.1, 0.15) is 0 Å². The predicted molar refractivity (Wildman–Crippen MR) is 78.7 cm³/mol. The zero-order valence-corrected chi connectivity index (χ0v) is 12.2. The van der Waals surface area contributed by atoms with E-state index < -0.39 is 0 Å². The Balaban J connectivity index is 2.28. The number of nitrogens with zero attached hydrogens (tertiary/aromatic N) is 1. The monoisotopic (exact) mass is 248 g/mol. The summed E-state index contributed by atoms with van der Waals surface area (Å²) in [7, 11) is 0. The van der Waals surface area contributed by atoms with Gasteiger partial charge in [0.15, 0.2) is 0 Å². The van der Waals surface area contributed by atoms with Gasteiger partial charge in [0.2, 0.25) is 0 Å². The summed E-state index contributed by atoms with van der Waals surface area (Å²) < 4.78 is 0. The SMILES string of the molecule is CCNC(CCCC(C)C)CCc1cccnc1. The van der Waals surface area contributed by atoms with Crippen LogP contribution in [0.4, 0.5) is 0 Å². The summed E-state index contributed by atoms with van der Waals surface area (Å²) in [6, 6.07) is 4.86. The van der Waals surface area contributed by atoms with Crippen molar-refractivity contribution in [3.05, 3.63) is 30.1 Å². The van der Waals surface area contributed by atoms with Gasteiger partial charge < -0.3 is 5.32 Å². The first-order chi connectivity index (χ1) is 8.72. The van der Waals surface area contributed by atoms with E-state index in [-0.39, 0.29) is 0 Å². The first-order valence-corrected chi connectivity index (χ1v) is 7.34. The van der Waals surface area contributed by atoms with E-state index in [1.165, 1.54) is 31.2 Å². The lowest BCUT2D eigenvalue weighted by Crippen LogP contribution is -2.29. The second-order valence-electron chi connectivity index (χ2n) is 5.48. The first-order valence-electron chi connectivity index (χ1n) is 7.34. The van der Waals surface area contributed by atoms with Crippen LogP contribution >= 0.6 is 0 Å². The van der Waals surface area contributed by atoms with E-state index in [9.17, 15) is 0 Å². The number of rotatable bonds is 9. The van der Waals surface area contributed by atoms with Gasteiger partial charge in [-0.05, 0) is 43.4 Å². The van der Waals surface area contributed by atoms with Crippen LogP contribution in [0.3, 0.4) is 0 Å². The molecule has 0 aliphatic carbocycles. The van der Waals surface area contributed by atoms with Crippen LogP contribution in [0.1, 0.15) is 52.0 Å².